The van der Waals surface area contributed by atoms with Crippen LogP contribution in [0, 0.1) is 0 Å². The quantitative estimate of drug-likeness (QED) is 0.170. The average molecular weight is 602 g/mol. The molecule has 0 radical (unpaired) electrons. The maximum atomic E-state index is 12.4. The van der Waals surface area contributed by atoms with Crippen LogP contribution in [0.3, 0.4) is 0 Å². The van der Waals surface area contributed by atoms with E-state index < -0.39 is 49.7 Å². The van der Waals surface area contributed by atoms with Gasteiger partial charge in [0.15, 0.2) is 0 Å². The largest absolute Gasteiger partial charge is 1.00 e. The van der Waals surface area contributed by atoms with Gasteiger partial charge in [0.05, 0.1) is 5.97 Å². The molecule has 0 bridgehead atoms. The Morgan fingerprint density at radius 1 is 0.476 bits per heavy atom. The standard InChI is InChI=1S/C21H15O9P.C7H6O3.Na/c22-16-10-4-1-7-13(16)19(25)28-31(29-20(26)14-8-2-5-11-17(14)23)30-21(27)15-9-3-6-12-18(15)24;8-6-4-2-1-3-5(6)7(9)10;/h1-12,22-24H;1-4,8H,(H,9,10);/q;;+1/p-1. The smallest absolute Gasteiger partial charge is 0.545 e. The SMILES string of the molecule is O=C(OP(OC(=O)c1ccccc1O)OC(=O)c1ccccc1O)c1ccccc1O.O=C([O-])c1ccccc1O.[Na+]. The molecule has 4 aromatic carbocycles. The van der Waals surface area contributed by atoms with Crippen molar-refractivity contribution in [1.82, 2.24) is 0 Å². The second-order valence-electron chi connectivity index (χ2n) is 7.72. The van der Waals surface area contributed by atoms with Gasteiger partial charge in [-0.1, -0.05) is 48.5 Å². The first kappa shape index (κ1) is 33.6. The van der Waals surface area contributed by atoms with Gasteiger partial charge in [0.2, 0.25) is 0 Å². The number of rotatable bonds is 7. The number of carbonyl (C=O) groups excluding carboxylic acids is 4. The second-order valence-corrected chi connectivity index (χ2v) is 8.71. The number of carbonyl (C=O) groups is 4. The molecule has 4 aromatic rings. The molecule has 0 aliphatic carbocycles. The van der Waals surface area contributed by atoms with E-state index in [1.54, 1.807) is 6.07 Å². The summed E-state index contributed by atoms with van der Waals surface area (Å²) in [4.78, 5) is 47.3. The number of phenolic OH excluding ortho intramolecular Hbond substituents is 3. The van der Waals surface area contributed by atoms with Crippen molar-refractivity contribution in [3.63, 3.8) is 0 Å². The number of carboxylic acid groups (broad SMARTS) is 1. The van der Waals surface area contributed by atoms with E-state index in [0.29, 0.717) is 0 Å². The summed E-state index contributed by atoms with van der Waals surface area (Å²) in [6.45, 7) is 0. The third kappa shape index (κ3) is 9.22. The summed E-state index contributed by atoms with van der Waals surface area (Å²) >= 11 is 0. The maximum Gasteiger partial charge on any atom is 1.00 e. The first-order chi connectivity index (χ1) is 19.6. The van der Waals surface area contributed by atoms with Crippen LogP contribution >= 0.6 is 8.60 Å². The average Bonchev–Trinajstić information content (AvgIpc) is 2.94. The Kier molecular flexibility index (Phi) is 12.8. The van der Waals surface area contributed by atoms with Crippen LogP contribution in [0.25, 0.3) is 0 Å². The molecule has 0 spiro atoms. The van der Waals surface area contributed by atoms with Gasteiger partial charge in [-0.15, -0.1) is 0 Å². The maximum absolute atomic E-state index is 12.4. The van der Waals surface area contributed by atoms with Gasteiger partial charge in [0.1, 0.15) is 39.7 Å². The Balaban J connectivity index is 0.000000475. The van der Waals surface area contributed by atoms with Gasteiger partial charge in [-0.05, 0) is 48.5 Å². The van der Waals surface area contributed by atoms with Gasteiger partial charge in [-0.25, -0.2) is 14.4 Å². The number of benzene rings is 4. The van der Waals surface area contributed by atoms with E-state index in [1.165, 1.54) is 91.0 Å². The van der Waals surface area contributed by atoms with Crippen LogP contribution in [0.4, 0.5) is 0 Å². The fraction of sp³-hybridized carbons (Fsp3) is 0. The van der Waals surface area contributed by atoms with Gasteiger partial charge in [0, 0.05) is 5.56 Å². The Morgan fingerprint density at radius 3 is 0.929 bits per heavy atom. The van der Waals surface area contributed by atoms with E-state index in [1.807, 2.05) is 0 Å². The van der Waals surface area contributed by atoms with E-state index in [2.05, 4.69) is 0 Å². The van der Waals surface area contributed by atoms with Crippen LogP contribution in [0.2, 0.25) is 0 Å². The second kappa shape index (κ2) is 16.0. The van der Waals surface area contributed by atoms with Gasteiger partial charge < -0.3 is 43.9 Å². The molecule has 0 atom stereocenters. The summed E-state index contributed by atoms with van der Waals surface area (Å²) < 4.78 is 15.0. The molecule has 14 heteroatoms. The van der Waals surface area contributed by atoms with E-state index in [9.17, 15) is 39.6 Å². The molecule has 42 heavy (non-hydrogen) atoms. The third-order valence-corrected chi connectivity index (χ3v) is 5.91. The van der Waals surface area contributed by atoms with Crippen molar-refractivity contribution < 1.29 is 87.8 Å². The van der Waals surface area contributed by atoms with Crippen molar-refractivity contribution >= 4 is 32.5 Å². The Hall–Kier alpha value is -4.61. The van der Waals surface area contributed by atoms with Gasteiger partial charge in [-0.3, -0.25) is 0 Å². The molecule has 0 saturated heterocycles. The summed E-state index contributed by atoms with van der Waals surface area (Å²) in [6, 6.07) is 21.9. The van der Waals surface area contributed by atoms with Crippen molar-refractivity contribution in [1.29, 1.82) is 0 Å². The van der Waals surface area contributed by atoms with Crippen LogP contribution < -0.4 is 34.7 Å². The van der Waals surface area contributed by atoms with Gasteiger partial charge in [0.25, 0.3) is 0 Å². The number of hydrogen-bond acceptors (Lipinski definition) is 12. The van der Waals surface area contributed by atoms with Crippen LogP contribution in [0.1, 0.15) is 41.4 Å². The molecule has 0 amide bonds. The van der Waals surface area contributed by atoms with E-state index in [-0.39, 0.29) is 57.6 Å². The molecular weight excluding hydrogens is 582 g/mol. The summed E-state index contributed by atoms with van der Waals surface area (Å²) in [5.41, 5.74) is -0.950. The molecule has 0 aromatic heterocycles. The topological polar surface area (TPSA) is 200 Å². The van der Waals surface area contributed by atoms with E-state index >= 15 is 0 Å². The fourth-order valence-corrected chi connectivity index (χ4v) is 3.80. The van der Waals surface area contributed by atoms with Crippen LogP contribution in [-0.2, 0) is 13.6 Å². The normalized spacial score (nSPS) is 9.83. The zero-order valence-corrected chi connectivity index (χ0v) is 24.6. The minimum Gasteiger partial charge on any atom is -0.545 e. The molecule has 0 saturated carbocycles. The Morgan fingerprint density at radius 2 is 0.714 bits per heavy atom. The first-order valence-electron chi connectivity index (χ1n) is 11.4. The number of hydrogen-bond donors (Lipinski definition) is 4. The third-order valence-electron chi connectivity index (χ3n) is 4.97. The molecule has 0 aliphatic rings. The number of aromatic carboxylic acids is 1. The van der Waals surface area contributed by atoms with Crippen LogP contribution in [-0.4, -0.2) is 44.3 Å². The summed E-state index contributed by atoms with van der Waals surface area (Å²) in [5, 5.41) is 48.4. The minimum absolute atomic E-state index is 0. The predicted octanol–water partition coefficient (Wildman–Crippen LogP) is 0.661. The molecule has 4 N–H and O–H groups in total. The first-order valence-corrected chi connectivity index (χ1v) is 12.5. The molecule has 210 valence electrons. The zero-order chi connectivity index (χ0) is 29.9. The molecular formula is C28H20NaO12P. The summed E-state index contributed by atoms with van der Waals surface area (Å²) in [5.74, 6) is -6.21. The van der Waals surface area contributed by atoms with Crippen LogP contribution in [0.5, 0.6) is 23.0 Å². The number of carboxylic acids is 1. The Bertz CT molecular complexity index is 1430. The summed E-state index contributed by atoms with van der Waals surface area (Å²) in [7, 11) is -2.97. The molecule has 4 rings (SSSR count). The predicted molar refractivity (Wildman–Crippen MR) is 140 cm³/mol. The molecule has 12 nitrogen and oxygen atoms in total. The molecule has 0 aliphatic heterocycles. The molecule has 0 unspecified atom stereocenters. The van der Waals surface area contributed by atoms with E-state index in [4.69, 9.17) is 18.7 Å². The number of phenols is 4. The van der Waals surface area contributed by atoms with Crippen molar-refractivity contribution in [2.75, 3.05) is 0 Å². The number of para-hydroxylation sites is 4. The van der Waals surface area contributed by atoms with Crippen molar-refractivity contribution in [3.05, 3.63) is 119 Å². The fourth-order valence-electron chi connectivity index (χ4n) is 2.99. The van der Waals surface area contributed by atoms with Crippen molar-refractivity contribution in [2.24, 2.45) is 0 Å². The van der Waals surface area contributed by atoms with Crippen LogP contribution in [0.15, 0.2) is 97.1 Å². The summed E-state index contributed by atoms with van der Waals surface area (Å²) in [6.07, 6.45) is 0. The van der Waals surface area contributed by atoms with E-state index in [0.717, 1.165) is 0 Å². The Labute approximate surface area is 261 Å². The van der Waals surface area contributed by atoms with Gasteiger partial charge in [-0.2, -0.15) is 0 Å². The van der Waals surface area contributed by atoms with Crippen molar-refractivity contribution in [3.8, 4) is 23.0 Å². The number of aromatic hydroxyl groups is 4. The molecule has 0 fully saturated rings. The molecule has 0 heterocycles. The van der Waals surface area contributed by atoms with Gasteiger partial charge >= 0.3 is 56.1 Å². The van der Waals surface area contributed by atoms with Crippen molar-refractivity contribution in [2.45, 2.75) is 0 Å². The minimum atomic E-state index is -2.97. The zero-order valence-electron chi connectivity index (χ0n) is 21.7. The monoisotopic (exact) mass is 602 g/mol.